The Balaban J connectivity index is 1.49. The van der Waals surface area contributed by atoms with Crippen molar-refractivity contribution in [3.63, 3.8) is 0 Å². The van der Waals surface area contributed by atoms with Crippen molar-refractivity contribution in [3.05, 3.63) is 76.9 Å². The van der Waals surface area contributed by atoms with Crippen LogP contribution >= 0.6 is 0 Å². The van der Waals surface area contributed by atoms with Gasteiger partial charge in [0.05, 0.1) is 29.2 Å². The average molecular weight is 597 g/mol. The molecule has 2 aromatic carbocycles. The van der Waals surface area contributed by atoms with E-state index in [1.165, 1.54) is 0 Å². The van der Waals surface area contributed by atoms with Gasteiger partial charge < -0.3 is 20.7 Å². The number of nitrogens with one attached hydrogen (secondary N) is 2. The number of hydrogen-bond donors (Lipinski definition) is 3. The number of nitrogens with zero attached hydrogens (tertiary/aromatic N) is 1. The van der Waals surface area contributed by atoms with Gasteiger partial charge in [0.2, 0.25) is 21.8 Å². The first-order valence-corrected chi connectivity index (χ1v) is 16.2. The van der Waals surface area contributed by atoms with Crippen LogP contribution in [0.4, 0.5) is 0 Å². The molecule has 1 aliphatic carbocycles. The molecule has 9 nitrogen and oxygen atoms in total. The Kier molecular flexibility index (Phi) is 9.92. The second-order valence-corrected chi connectivity index (χ2v) is 13.6. The maximum atomic E-state index is 13.7. The third kappa shape index (κ3) is 7.29. The second-order valence-electron chi connectivity index (χ2n) is 12.0. The molecule has 0 saturated heterocycles. The first-order valence-electron chi connectivity index (χ1n) is 14.7. The molecular weight excluding hydrogens is 552 g/mol. The molecule has 228 valence electrons. The molecule has 1 aliphatic heterocycles. The van der Waals surface area contributed by atoms with E-state index in [1.807, 2.05) is 68.4 Å². The molecule has 4 rings (SSSR count). The monoisotopic (exact) mass is 596 g/mol. The molecule has 42 heavy (non-hydrogen) atoms. The molecule has 2 amide bonds. The van der Waals surface area contributed by atoms with Gasteiger partial charge in [-0.05, 0) is 62.8 Å². The number of likely N-dealkylation sites (N-methyl/N-ethyl adjacent to an activating group) is 1. The zero-order valence-electron chi connectivity index (χ0n) is 25.1. The Bertz CT molecular complexity index is 1390. The topological polar surface area (TPSA) is 131 Å². The van der Waals surface area contributed by atoms with E-state index in [4.69, 9.17) is 10.5 Å². The Labute approximate surface area is 249 Å². The summed E-state index contributed by atoms with van der Waals surface area (Å²) in [5, 5.41) is 2.77. The first kappa shape index (κ1) is 31.9. The van der Waals surface area contributed by atoms with Gasteiger partial charge >= 0.3 is 0 Å². The van der Waals surface area contributed by atoms with E-state index in [0.29, 0.717) is 30.2 Å². The molecule has 1 saturated carbocycles. The van der Waals surface area contributed by atoms with Crippen LogP contribution in [-0.4, -0.2) is 55.4 Å². The lowest BCUT2D eigenvalue weighted by atomic mass is 9.77. The van der Waals surface area contributed by atoms with Crippen molar-refractivity contribution in [2.45, 2.75) is 90.1 Å². The highest BCUT2D eigenvalue weighted by atomic mass is 32.2. The van der Waals surface area contributed by atoms with E-state index in [-0.39, 0.29) is 12.5 Å². The zero-order chi connectivity index (χ0) is 30.5. The maximum absolute atomic E-state index is 13.7. The average Bonchev–Trinajstić information content (AvgIpc) is 3.14. The second kappa shape index (κ2) is 13.1. The van der Waals surface area contributed by atoms with Gasteiger partial charge in [0.15, 0.2) is 0 Å². The molecule has 1 atom stereocenters. The summed E-state index contributed by atoms with van der Waals surface area (Å²) in [6.07, 6.45) is 4.78. The van der Waals surface area contributed by atoms with Crippen LogP contribution in [0, 0.1) is 0 Å². The molecule has 0 aromatic heterocycles. The quantitative estimate of drug-likeness (QED) is 0.361. The van der Waals surface area contributed by atoms with Gasteiger partial charge in [0, 0.05) is 13.1 Å². The molecule has 0 bridgehead atoms. The fourth-order valence-electron chi connectivity index (χ4n) is 5.74. The predicted molar refractivity (Wildman–Crippen MR) is 164 cm³/mol. The standard InChI is InChI=1S/C32H44N4O5S/c1-5-36(29(37)27(34-30(38)31(3,4)33)22-41-21-25-12-8-6-9-13-25)20-24-14-16-26(17-15-24)28-23(2)32(35-42(28,39)40)18-10-7-11-19-32/h6,8-9,12-17,27,35H,5,7,10-11,18-22,33H2,1-4H3,(H,34,38)/t27-/m1/s1. The van der Waals surface area contributed by atoms with E-state index in [9.17, 15) is 18.0 Å². The Morgan fingerprint density at radius 3 is 2.29 bits per heavy atom. The van der Waals surface area contributed by atoms with E-state index < -0.39 is 33.1 Å². The Morgan fingerprint density at radius 2 is 1.69 bits per heavy atom. The predicted octanol–water partition coefficient (Wildman–Crippen LogP) is 3.84. The summed E-state index contributed by atoms with van der Waals surface area (Å²) in [6.45, 7) is 7.96. The number of amides is 2. The van der Waals surface area contributed by atoms with Crippen LogP contribution in [0.25, 0.3) is 4.91 Å². The van der Waals surface area contributed by atoms with Crippen LogP contribution in [0.2, 0.25) is 0 Å². The minimum Gasteiger partial charge on any atom is -0.374 e. The van der Waals surface area contributed by atoms with Gasteiger partial charge in [-0.25, -0.2) is 13.1 Å². The Hall–Kier alpha value is -3.05. The summed E-state index contributed by atoms with van der Waals surface area (Å²) in [7, 11) is -3.61. The van der Waals surface area contributed by atoms with Gasteiger partial charge in [0.1, 0.15) is 6.04 Å². The zero-order valence-corrected chi connectivity index (χ0v) is 25.9. The fraction of sp³-hybridized carbons (Fsp3) is 0.500. The van der Waals surface area contributed by atoms with Crippen molar-refractivity contribution in [3.8, 4) is 0 Å². The summed E-state index contributed by atoms with van der Waals surface area (Å²) in [5.41, 5.74) is 7.69. The van der Waals surface area contributed by atoms with Crippen molar-refractivity contribution in [2.24, 2.45) is 5.73 Å². The summed E-state index contributed by atoms with van der Waals surface area (Å²) < 4.78 is 35.2. The summed E-state index contributed by atoms with van der Waals surface area (Å²) in [4.78, 5) is 28.4. The van der Waals surface area contributed by atoms with Crippen LogP contribution in [0.3, 0.4) is 0 Å². The lowest BCUT2D eigenvalue weighted by Gasteiger charge is -2.34. The van der Waals surface area contributed by atoms with E-state index >= 15 is 0 Å². The van der Waals surface area contributed by atoms with Gasteiger partial charge in [-0.3, -0.25) is 9.59 Å². The largest absolute Gasteiger partial charge is 0.374 e. The lowest BCUT2D eigenvalue weighted by Crippen LogP contribution is -2.57. The van der Waals surface area contributed by atoms with Crippen LogP contribution in [0.1, 0.15) is 76.5 Å². The molecule has 10 heteroatoms. The minimum atomic E-state index is -3.61. The molecule has 1 spiro atoms. The van der Waals surface area contributed by atoms with Gasteiger partial charge in [-0.2, -0.15) is 0 Å². The van der Waals surface area contributed by atoms with Crippen molar-refractivity contribution < 1.29 is 22.7 Å². The van der Waals surface area contributed by atoms with Gasteiger partial charge in [-0.1, -0.05) is 73.9 Å². The molecule has 2 aromatic rings. The molecule has 1 fully saturated rings. The highest BCUT2D eigenvalue weighted by Crippen LogP contribution is 2.45. The van der Waals surface area contributed by atoms with Gasteiger partial charge in [0.25, 0.3) is 0 Å². The normalized spacial score (nSPS) is 18.6. The highest BCUT2D eigenvalue weighted by molar-refractivity contribution is 7.99. The molecule has 0 unspecified atom stereocenters. The third-order valence-electron chi connectivity index (χ3n) is 8.23. The van der Waals surface area contributed by atoms with Crippen molar-refractivity contribution in [1.82, 2.24) is 14.9 Å². The van der Waals surface area contributed by atoms with E-state index in [2.05, 4.69) is 10.0 Å². The summed E-state index contributed by atoms with van der Waals surface area (Å²) in [5.74, 6) is -0.733. The number of carbonyl (C=O) groups excluding carboxylic acids is 2. The van der Waals surface area contributed by atoms with E-state index in [0.717, 1.165) is 48.8 Å². The Morgan fingerprint density at radius 1 is 1.05 bits per heavy atom. The van der Waals surface area contributed by atoms with Crippen molar-refractivity contribution >= 4 is 26.7 Å². The van der Waals surface area contributed by atoms with Gasteiger partial charge in [-0.15, -0.1) is 0 Å². The SMILES string of the molecule is CCN(Cc1ccc(C2=C(C)C3(CCCCC3)NS2(=O)=O)cc1)C(=O)[C@@H](COCc1ccccc1)NC(=O)C(C)(C)N. The molecule has 2 aliphatic rings. The third-order valence-corrected chi connectivity index (χ3v) is 9.97. The summed E-state index contributed by atoms with van der Waals surface area (Å²) >= 11 is 0. The van der Waals surface area contributed by atoms with Crippen molar-refractivity contribution in [1.29, 1.82) is 0 Å². The number of benzene rings is 2. The van der Waals surface area contributed by atoms with Crippen LogP contribution in [0.5, 0.6) is 0 Å². The number of rotatable bonds is 11. The lowest BCUT2D eigenvalue weighted by molar-refractivity contribution is -0.139. The van der Waals surface area contributed by atoms with Crippen LogP contribution < -0.4 is 15.8 Å². The number of sulfonamides is 1. The van der Waals surface area contributed by atoms with Crippen LogP contribution in [0.15, 0.2) is 60.2 Å². The molecular formula is C32H44N4O5S. The van der Waals surface area contributed by atoms with E-state index in [1.54, 1.807) is 18.7 Å². The number of carbonyl (C=O) groups is 2. The molecule has 4 N–H and O–H groups in total. The fourth-order valence-corrected chi connectivity index (χ4v) is 7.76. The summed E-state index contributed by atoms with van der Waals surface area (Å²) in [6, 6.07) is 16.0. The molecule has 1 heterocycles. The van der Waals surface area contributed by atoms with Crippen molar-refractivity contribution in [2.75, 3.05) is 13.2 Å². The smallest absolute Gasteiger partial charge is 0.247 e. The number of nitrogens with two attached hydrogens (primary N) is 1. The minimum absolute atomic E-state index is 0.00890. The van der Waals surface area contributed by atoms with Crippen LogP contribution in [-0.2, 0) is 37.5 Å². The first-order chi connectivity index (χ1) is 19.9. The highest BCUT2D eigenvalue weighted by Gasteiger charge is 2.47. The number of hydrogen-bond acceptors (Lipinski definition) is 6. The number of ether oxygens (including phenoxy) is 1. The molecule has 0 radical (unpaired) electrons. The maximum Gasteiger partial charge on any atom is 0.247 e.